The van der Waals surface area contributed by atoms with E-state index >= 15 is 0 Å². The molecule has 0 aromatic carbocycles. The van der Waals surface area contributed by atoms with E-state index in [1.165, 1.54) is 12.3 Å². The molecule has 0 bridgehead atoms. The molecule has 0 amide bonds. The van der Waals surface area contributed by atoms with Crippen molar-refractivity contribution in [1.82, 2.24) is 4.98 Å². The number of pyridine rings is 1. The molecule has 0 spiro atoms. The number of hydrogen-bond donors (Lipinski definition) is 0. The molecule has 58 valence electrons. The maximum atomic E-state index is 9.95. The lowest BCUT2D eigenvalue weighted by molar-refractivity contribution is -0.104. The zero-order valence-electron chi connectivity index (χ0n) is 6.27. The lowest BCUT2D eigenvalue weighted by Crippen LogP contribution is -1.81. The van der Waals surface area contributed by atoms with Crippen LogP contribution in [0.4, 0.5) is 0 Å². The van der Waals surface area contributed by atoms with Gasteiger partial charge in [0.25, 0.3) is 0 Å². The summed E-state index contributed by atoms with van der Waals surface area (Å²) < 4.78 is 0. The van der Waals surface area contributed by atoms with Gasteiger partial charge in [-0.15, -0.1) is 0 Å². The second kappa shape index (κ2) is 4.04. The summed E-state index contributed by atoms with van der Waals surface area (Å²) >= 11 is 0. The van der Waals surface area contributed by atoms with Gasteiger partial charge >= 0.3 is 0 Å². The lowest BCUT2D eigenvalue weighted by Gasteiger charge is -1.90. The van der Waals surface area contributed by atoms with Crippen molar-refractivity contribution in [2.45, 2.75) is 0 Å². The zero-order chi connectivity index (χ0) is 8.81. The number of allylic oxidation sites excluding steroid dienone is 1. The smallest absolute Gasteiger partial charge is 0.142 e. The van der Waals surface area contributed by atoms with Gasteiger partial charge in [0.2, 0.25) is 0 Å². The highest BCUT2D eigenvalue weighted by Crippen LogP contribution is 2.01. The summed E-state index contributed by atoms with van der Waals surface area (Å²) in [5.41, 5.74) is 1.15. The minimum Gasteiger partial charge on any atom is -0.299 e. The molecule has 12 heavy (non-hydrogen) atoms. The average molecular weight is 158 g/mol. The van der Waals surface area contributed by atoms with Gasteiger partial charge in [-0.3, -0.25) is 9.78 Å². The number of carbonyl (C=O) groups excluding carboxylic acids is 1. The summed E-state index contributed by atoms with van der Waals surface area (Å²) in [6.45, 7) is 0. The first kappa shape index (κ1) is 8.15. The van der Waals surface area contributed by atoms with Crippen molar-refractivity contribution in [3.63, 3.8) is 0 Å². The highest BCUT2D eigenvalue weighted by molar-refractivity contribution is 5.73. The van der Waals surface area contributed by atoms with Crippen molar-refractivity contribution in [2.24, 2.45) is 0 Å². The molecular weight excluding hydrogens is 152 g/mol. The number of nitrogens with zero attached hydrogens (tertiary/aromatic N) is 2. The van der Waals surface area contributed by atoms with Crippen LogP contribution in [0.2, 0.25) is 0 Å². The molecule has 0 fully saturated rings. The third-order valence-electron chi connectivity index (χ3n) is 1.26. The Labute approximate surface area is 70.0 Å². The summed E-state index contributed by atoms with van der Waals surface area (Å²) in [7, 11) is 0. The summed E-state index contributed by atoms with van der Waals surface area (Å²) in [4.78, 5) is 13.9. The Kier molecular flexibility index (Phi) is 2.74. The molecule has 0 N–H and O–H groups in total. The molecule has 0 unspecified atom stereocenters. The van der Waals surface area contributed by atoms with Crippen LogP contribution in [0.5, 0.6) is 0 Å². The fraction of sp³-hybridized carbons (Fsp3) is 0. The predicted molar refractivity (Wildman–Crippen MR) is 44.1 cm³/mol. The number of nitriles is 1. The molecule has 1 aromatic rings. The van der Waals surface area contributed by atoms with Gasteiger partial charge in [-0.1, -0.05) is 0 Å². The quantitative estimate of drug-likeness (QED) is 0.479. The van der Waals surface area contributed by atoms with Crippen molar-refractivity contribution in [1.29, 1.82) is 5.26 Å². The van der Waals surface area contributed by atoms with Gasteiger partial charge in [0.05, 0.1) is 17.3 Å². The van der Waals surface area contributed by atoms with Crippen LogP contribution >= 0.6 is 0 Å². The average Bonchev–Trinajstić information content (AvgIpc) is 2.15. The Morgan fingerprint density at radius 3 is 3.08 bits per heavy atom. The molecule has 0 atom stereocenters. The van der Waals surface area contributed by atoms with E-state index in [0.717, 1.165) is 0 Å². The summed E-state index contributed by atoms with van der Waals surface area (Å²) in [6, 6.07) is 5.20. The Morgan fingerprint density at radius 2 is 2.42 bits per heavy atom. The van der Waals surface area contributed by atoms with Crippen molar-refractivity contribution in [3.05, 3.63) is 35.7 Å². The summed E-state index contributed by atoms with van der Waals surface area (Å²) in [5, 5.41) is 8.52. The normalized spacial score (nSPS) is 9.58. The van der Waals surface area contributed by atoms with E-state index in [9.17, 15) is 4.79 Å². The molecular formula is C9H6N2O. The van der Waals surface area contributed by atoms with Crippen LogP contribution in [-0.2, 0) is 4.79 Å². The van der Waals surface area contributed by atoms with E-state index in [1.54, 1.807) is 18.2 Å². The maximum Gasteiger partial charge on any atom is 0.142 e. The zero-order valence-corrected chi connectivity index (χ0v) is 6.27. The van der Waals surface area contributed by atoms with Crippen molar-refractivity contribution < 1.29 is 4.79 Å². The maximum absolute atomic E-state index is 9.95. The third kappa shape index (κ3) is 2.03. The van der Waals surface area contributed by atoms with Crippen molar-refractivity contribution in [2.75, 3.05) is 0 Å². The minimum atomic E-state index is 0.538. The third-order valence-corrected chi connectivity index (χ3v) is 1.26. The van der Waals surface area contributed by atoms with Gasteiger partial charge < -0.3 is 0 Å². The summed E-state index contributed by atoms with van der Waals surface area (Å²) in [5.74, 6) is 0. The fourth-order valence-electron chi connectivity index (χ4n) is 0.747. The summed E-state index contributed by atoms with van der Waals surface area (Å²) in [6.07, 6.45) is 5.08. The molecule has 3 nitrogen and oxygen atoms in total. The van der Waals surface area contributed by atoms with E-state index in [0.29, 0.717) is 17.5 Å². The number of carbonyl (C=O) groups is 1. The standard InChI is InChI=1S/C9H6N2O/c10-7-8-3-4-11-9(6-8)2-1-5-12/h1-6H. The van der Waals surface area contributed by atoms with Crippen LogP contribution in [0, 0.1) is 11.3 Å². The van der Waals surface area contributed by atoms with E-state index in [2.05, 4.69) is 4.98 Å². The highest BCUT2D eigenvalue weighted by Gasteiger charge is 1.90. The first-order valence-electron chi connectivity index (χ1n) is 3.35. The predicted octanol–water partition coefficient (Wildman–Crippen LogP) is 1.17. The highest BCUT2D eigenvalue weighted by atomic mass is 16.1. The second-order valence-electron chi connectivity index (χ2n) is 2.08. The Morgan fingerprint density at radius 1 is 1.58 bits per heavy atom. The molecule has 0 radical (unpaired) electrons. The van der Waals surface area contributed by atoms with E-state index in [-0.39, 0.29) is 0 Å². The SMILES string of the molecule is N#Cc1ccnc(C=CC=O)c1. The first-order chi connectivity index (χ1) is 5.86. The van der Waals surface area contributed by atoms with Crippen LogP contribution in [0.25, 0.3) is 6.08 Å². The molecule has 0 saturated carbocycles. The molecule has 1 heterocycles. The Balaban J connectivity index is 2.95. The first-order valence-corrected chi connectivity index (χ1v) is 3.35. The van der Waals surface area contributed by atoms with Crippen LogP contribution < -0.4 is 0 Å². The van der Waals surface area contributed by atoms with Gasteiger partial charge in [0, 0.05) is 6.20 Å². The molecule has 0 saturated heterocycles. The number of rotatable bonds is 2. The number of aldehydes is 1. The largest absolute Gasteiger partial charge is 0.299 e. The van der Waals surface area contributed by atoms with E-state index < -0.39 is 0 Å². The Bertz CT molecular complexity index is 350. The van der Waals surface area contributed by atoms with Crippen LogP contribution in [0.3, 0.4) is 0 Å². The second-order valence-corrected chi connectivity index (χ2v) is 2.08. The number of aromatic nitrogens is 1. The van der Waals surface area contributed by atoms with Gasteiger partial charge in [-0.25, -0.2) is 0 Å². The van der Waals surface area contributed by atoms with Crippen molar-refractivity contribution >= 4 is 12.4 Å². The Hall–Kier alpha value is -1.95. The number of hydrogen-bond acceptors (Lipinski definition) is 3. The van der Waals surface area contributed by atoms with E-state index in [4.69, 9.17) is 5.26 Å². The van der Waals surface area contributed by atoms with Crippen LogP contribution in [-0.4, -0.2) is 11.3 Å². The lowest BCUT2D eigenvalue weighted by atomic mass is 10.2. The fourth-order valence-corrected chi connectivity index (χ4v) is 0.747. The van der Waals surface area contributed by atoms with E-state index in [1.807, 2.05) is 6.07 Å². The molecule has 1 aromatic heterocycles. The molecule has 3 heteroatoms. The molecule has 0 aliphatic carbocycles. The minimum absolute atomic E-state index is 0.538. The monoisotopic (exact) mass is 158 g/mol. The van der Waals surface area contributed by atoms with Crippen molar-refractivity contribution in [3.8, 4) is 6.07 Å². The van der Waals surface area contributed by atoms with Gasteiger partial charge in [0.15, 0.2) is 0 Å². The van der Waals surface area contributed by atoms with Crippen LogP contribution in [0.15, 0.2) is 24.4 Å². The molecule has 0 aliphatic heterocycles. The van der Waals surface area contributed by atoms with Gasteiger partial charge in [0.1, 0.15) is 6.29 Å². The van der Waals surface area contributed by atoms with Crippen LogP contribution in [0.1, 0.15) is 11.3 Å². The van der Waals surface area contributed by atoms with Gasteiger partial charge in [-0.05, 0) is 24.3 Å². The molecule has 0 aliphatic rings. The topological polar surface area (TPSA) is 53.8 Å². The van der Waals surface area contributed by atoms with Gasteiger partial charge in [-0.2, -0.15) is 5.26 Å². The molecule has 1 rings (SSSR count).